The van der Waals surface area contributed by atoms with Gasteiger partial charge in [-0.15, -0.1) is 0 Å². The average molecular weight is 337 g/mol. The molecule has 3 aromatic rings. The summed E-state index contributed by atoms with van der Waals surface area (Å²) in [5.74, 6) is 0.832. The number of amides is 1. The van der Waals surface area contributed by atoms with Crippen molar-refractivity contribution in [1.29, 1.82) is 0 Å². The van der Waals surface area contributed by atoms with E-state index in [-0.39, 0.29) is 17.7 Å². The van der Waals surface area contributed by atoms with Gasteiger partial charge in [-0.2, -0.15) is 0 Å². The third kappa shape index (κ3) is 2.95. The van der Waals surface area contributed by atoms with Gasteiger partial charge in [0.15, 0.2) is 5.76 Å². The molecule has 0 saturated carbocycles. The van der Waals surface area contributed by atoms with Gasteiger partial charge in [0.25, 0.3) is 5.91 Å². The topological polar surface area (TPSA) is 72.4 Å². The Morgan fingerprint density at radius 1 is 1.20 bits per heavy atom. The van der Waals surface area contributed by atoms with Crippen molar-refractivity contribution in [2.45, 2.75) is 32.2 Å². The zero-order valence-electron chi connectivity index (χ0n) is 14.0. The van der Waals surface area contributed by atoms with E-state index in [0.717, 1.165) is 36.3 Å². The van der Waals surface area contributed by atoms with Crippen LogP contribution in [-0.2, 0) is 6.42 Å². The van der Waals surface area contributed by atoms with Gasteiger partial charge in [0.2, 0.25) is 5.76 Å². The lowest BCUT2D eigenvalue weighted by molar-refractivity contribution is 0.0672. The van der Waals surface area contributed by atoms with E-state index in [1.165, 1.54) is 0 Å². The Labute approximate surface area is 145 Å². The fraction of sp³-hybridized carbons (Fsp3) is 0.316. The lowest BCUT2D eigenvalue weighted by atomic mass is 10.1. The summed E-state index contributed by atoms with van der Waals surface area (Å²) in [4.78, 5) is 14.7. The van der Waals surface area contributed by atoms with Crippen molar-refractivity contribution in [3.8, 4) is 11.3 Å². The minimum Gasteiger partial charge on any atom is -0.359 e. The highest BCUT2D eigenvalue weighted by molar-refractivity contribution is 5.92. The fourth-order valence-corrected chi connectivity index (χ4v) is 3.22. The van der Waals surface area contributed by atoms with Crippen molar-refractivity contribution < 1.29 is 13.8 Å². The van der Waals surface area contributed by atoms with Crippen molar-refractivity contribution >= 4 is 5.91 Å². The van der Waals surface area contributed by atoms with Crippen LogP contribution in [0.1, 0.15) is 47.8 Å². The van der Waals surface area contributed by atoms with Gasteiger partial charge in [-0.05, 0) is 19.3 Å². The third-order valence-electron chi connectivity index (χ3n) is 4.57. The smallest absolute Gasteiger partial charge is 0.293 e. The Hall–Kier alpha value is -2.89. The second kappa shape index (κ2) is 6.55. The maximum atomic E-state index is 12.9. The molecular weight excluding hydrogens is 318 g/mol. The predicted octanol–water partition coefficient (Wildman–Crippen LogP) is 3.87. The summed E-state index contributed by atoms with van der Waals surface area (Å²) in [7, 11) is 0. The SMILES string of the molecule is CCc1cc(C2CCCN2C(=O)c2cc(-c3ccccc3)no2)on1. The third-order valence-corrected chi connectivity index (χ3v) is 4.57. The van der Waals surface area contributed by atoms with Gasteiger partial charge in [-0.1, -0.05) is 47.6 Å². The van der Waals surface area contributed by atoms with Crippen LogP contribution in [0.15, 0.2) is 51.5 Å². The molecule has 0 spiro atoms. The number of aryl methyl sites for hydroxylation is 1. The van der Waals surface area contributed by atoms with E-state index in [4.69, 9.17) is 9.05 Å². The molecule has 1 amide bonds. The van der Waals surface area contributed by atoms with Crippen LogP contribution in [0, 0.1) is 0 Å². The first-order valence-corrected chi connectivity index (χ1v) is 8.55. The number of nitrogens with zero attached hydrogens (tertiary/aromatic N) is 3. The molecule has 1 saturated heterocycles. The molecule has 0 bridgehead atoms. The lowest BCUT2D eigenvalue weighted by Crippen LogP contribution is -2.30. The summed E-state index contributed by atoms with van der Waals surface area (Å²) in [6.07, 6.45) is 2.61. The molecule has 1 atom stereocenters. The molecule has 0 aliphatic carbocycles. The van der Waals surface area contributed by atoms with Crippen LogP contribution in [0.5, 0.6) is 0 Å². The van der Waals surface area contributed by atoms with Crippen molar-refractivity contribution in [2.75, 3.05) is 6.54 Å². The first-order chi connectivity index (χ1) is 12.3. The van der Waals surface area contributed by atoms with E-state index in [1.807, 2.05) is 43.3 Å². The van der Waals surface area contributed by atoms with Gasteiger partial charge < -0.3 is 13.9 Å². The Balaban J connectivity index is 1.57. The largest absolute Gasteiger partial charge is 0.359 e. The molecule has 1 aliphatic rings. The fourth-order valence-electron chi connectivity index (χ4n) is 3.22. The second-order valence-electron chi connectivity index (χ2n) is 6.17. The summed E-state index contributed by atoms with van der Waals surface area (Å²) < 4.78 is 10.8. The molecule has 6 heteroatoms. The van der Waals surface area contributed by atoms with Gasteiger partial charge in [-0.3, -0.25) is 4.79 Å². The first kappa shape index (κ1) is 15.6. The van der Waals surface area contributed by atoms with Crippen molar-refractivity contribution in [2.24, 2.45) is 0 Å². The highest BCUT2D eigenvalue weighted by Crippen LogP contribution is 2.34. The molecule has 128 valence electrons. The van der Waals surface area contributed by atoms with E-state index < -0.39 is 0 Å². The van der Waals surface area contributed by atoms with Crippen LogP contribution in [0.4, 0.5) is 0 Å². The Kier molecular flexibility index (Phi) is 4.09. The van der Waals surface area contributed by atoms with Crippen molar-refractivity contribution in [3.63, 3.8) is 0 Å². The first-order valence-electron chi connectivity index (χ1n) is 8.55. The van der Waals surface area contributed by atoms with Crippen LogP contribution in [0.3, 0.4) is 0 Å². The zero-order chi connectivity index (χ0) is 17.2. The number of rotatable bonds is 4. The van der Waals surface area contributed by atoms with Crippen LogP contribution < -0.4 is 0 Å². The highest BCUT2D eigenvalue weighted by atomic mass is 16.5. The Morgan fingerprint density at radius 3 is 2.80 bits per heavy atom. The van der Waals surface area contributed by atoms with Gasteiger partial charge in [0.05, 0.1) is 11.7 Å². The van der Waals surface area contributed by atoms with Crippen LogP contribution in [0.2, 0.25) is 0 Å². The molecule has 25 heavy (non-hydrogen) atoms. The number of benzene rings is 1. The molecule has 1 unspecified atom stereocenters. The monoisotopic (exact) mass is 337 g/mol. The lowest BCUT2D eigenvalue weighted by Gasteiger charge is -2.20. The standard InChI is InChI=1S/C19H19N3O3/c1-2-14-11-17(24-20-14)16-9-6-10-22(16)19(23)18-12-15(21-25-18)13-7-4-3-5-8-13/h3-5,7-8,11-12,16H,2,6,9-10H2,1H3. The molecule has 4 rings (SSSR count). The summed E-state index contributed by atoms with van der Waals surface area (Å²) >= 11 is 0. The van der Waals surface area contributed by atoms with E-state index in [2.05, 4.69) is 10.3 Å². The van der Waals surface area contributed by atoms with Gasteiger partial charge in [0.1, 0.15) is 5.69 Å². The molecule has 2 aromatic heterocycles. The number of carbonyl (C=O) groups excluding carboxylic acids is 1. The molecule has 6 nitrogen and oxygen atoms in total. The summed E-state index contributed by atoms with van der Waals surface area (Å²) in [6, 6.07) is 13.2. The van der Waals surface area contributed by atoms with Gasteiger partial charge in [-0.25, -0.2) is 0 Å². The number of carbonyl (C=O) groups is 1. The number of hydrogen-bond donors (Lipinski definition) is 0. The summed E-state index contributed by atoms with van der Waals surface area (Å²) in [6.45, 7) is 2.70. The van der Waals surface area contributed by atoms with Crippen LogP contribution in [-0.4, -0.2) is 27.7 Å². The summed E-state index contributed by atoms with van der Waals surface area (Å²) in [5.41, 5.74) is 2.49. The van der Waals surface area contributed by atoms with Crippen molar-refractivity contribution in [1.82, 2.24) is 15.2 Å². The van der Waals surface area contributed by atoms with Crippen LogP contribution >= 0.6 is 0 Å². The maximum Gasteiger partial charge on any atom is 0.293 e. The molecular formula is C19H19N3O3. The number of aromatic nitrogens is 2. The number of hydrogen-bond acceptors (Lipinski definition) is 5. The predicted molar refractivity (Wildman–Crippen MR) is 90.8 cm³/mol. The van der Waals surface area contributed by atoms with Crippen LogP contribution in [0.25, 0.3) is 11.3 Å². The van der Waals surface area contributed by atoms with Crippen molar-refractivity contribution in [3.05, 3.63) is 59.7 Å². The summed E-state index contributed by atoms with van der Waals surface area (Å²) in [5, 5.41) is 8.08. The highest BCUT2D eigenvalue weighted by Gasteiger charge is 2.35. The second-order valence-corrected chi connectivity index (χ2v) is 6.17. The van der Waals surface area contributed by atoms with Gasteiger partial charge >= 0.3 is 0 Å². The van der Waals surface area contributed by atoms with E-state index in [1.54, 1.807) is 11.0 Å². The molecule has 1 aliphatic heterocycles. The molecule has 0 radical (unpaired) electrons. The van der Waals surface area contributed by atoms with E-state index in [0.29, 0.717) is 12.2 Å². The molecule has 3 heterocycles. The maximum absolute atomic E-state index is 12.9. The number of likely N-dealkylation sites (tertiary alicyclic amines) is 1. The molecule has 1 aromatic carbocycles. The van der Waals surface area contributed by atoms with E-state index >= 15 is 0 Å². The van der Waals surface area contributed by atoms with Gasteiger partial charge in [0, 0.05) is 24.2 Å². The minimum atomic E-state index is -0.161. The molecule has 0 N–H and O–H groups in total. The zero-order valence-corrected chi connectivity index (χ0v) is 14.0. The quantitative estimate of drug-likeness (QED) is 0.722. The molecule has 1 fully saturated rings. The Bertz CT molecular complexity index is 869. The normalized spacial score (nSPS) is 17.2. The van der Waals surface area contributed by atoms with E-state index in [9.17, 15) is 4.79 Å². The average Bonchev–Trinajstić information content (AvgIpc) is 3.41. The Morgan fingerprint density at radius 2 is 2.04 bits per heavy atom. The minimum absolute atomic E-state index is 0.0921.